The number of hydrogen-bond acceptors (Lipinski definition) is 6. The zero-order valence-electron chi connectivity index (χ0n) is 23.5. The molecule has 0 amide bonds. The molecule has 3 aliphatic heterocycles. The molecule has 37 heavy (non-hydrogen) atoms. The Morgan fingerprint density at radius 2 is 1.51 bits per heavy atom. The highest BCUT2D eigenvalue weighted by molar-refractivity contribution is 5.08. The number of nitriles is 1. The number of ether oxygens (including phenoxy) is 1. The van der Waals surface area contributed by atoms with Gasteiger partial charge in [0, 0.05) is 24.7 Å². The second kappa shape index (κ2) is 11.4. The van der Waals surface area contributed by atoms with Gasteiger partial charge in [0.2, 0.25) is 0 Å². The van der Waals surface area contributed by atoms with Crippen molar-refractivity contribution in [2.24, 2.45) is 40.9 Å². The van der Waals surface area contributed by atoms with E-state index in [1.165, 1.54) is 83.5 Å². The van der Waals surface area contributed by atoms with Crippen molar-refractivity contribution in [2.75, 3.05) is 19.6 Å². The molecule has 0 spiro atoms. The van der Waals surface area contributed by atoms with Crippen molar-refractivity contribution in [2.45, 2.75) is 128 Å². The smallest absolute Gasteiger partial charge is 0.0686 e. The number of hydrogen-bond donors (Lipinski definition) is 4. The van der Waals surface area contributed by atoms with Crippen LogP contribution in [0.2, 0.25) is 0 Å². The van der Waals surface area contributed by atoms with Gasteiger partial charge in [0.1, 0.15) is 0 Å². The molecule has 208 valence electrons. The monoisotopic (exact) mass is 511 g/mol. The van der Waals surface area contributed by atoms with Crippen LogP contribution in [0.5, 0.6) is 0 Å². The summed E-state index contributed by atoms with van der Waals surface area (Å²) in [7, 11) is 0. The second-order valence-corrected chi connectivity index (χ2v) is 14.3. The maximum atomic E-state index is 9.65. The van der Waals surface area contributed by atoms with Crippen molar-refractivity contribution in [1.29, 1.82) is 5.26 Å². The van der Waals surface area contributed by atoms with Crippen LogP contribution >= 0.6 is 0 Å². The van der Waals surface area contributed by atoms with Crippen LogP contribution in [0.15, 0.2) is 0 Å². The van der Waals surface area contributed by atoms with E-state index in [9.17, 15) is 5.26 Å². The maximum Gasteiger partial charge on any atom is 0.0686 e. The van der Waals surface area contributed by atoms with Gasteiger partial charge in [-0.25, -0.2) is 0 Å². The Kier molecular flexibility index (Phi) is 8.18. The topological polar surface area (TPSA) is 81.1 Å². The molecule has 0 aromatic carbocycles. The zero-order valence-corrected chi connectivity index (χ0v) is 23.5. The first kappa shape index (κ1) is 26.5. The summed E-state index contributed by atoms with van der Waals surface area (Å²) in [5.41, 5.74) is 7.40. The molecule has 6 heteroatoms. The summed E-state index contributed by atoms with van der Waals surface area (Å²) in [5, 5.41) is 17.1. The number of nitrogens with one attached hydrogen (secondary N) is 4. The van der Waals surface area contributed by atoms with Crippen LogP contribution < -0.4 is 21.5 Å². The molecule has 3 aliphatic carbocycles. The van der Waals surface area contributed by atoms with Crippen molar-refractivity contribution < 1.29 is 4.74 Å². The number of piperidine rings is 2. The SMILES string of the molecule is CC(C)(C#N)C1CCC(C2NNC3CNC4CCC(C5CCCC(OC6CCNCC6)C5)CC4C32)CC1. The lowest BCUT2D eigenvalue weighted by molar-refractivity contribution is -0.0622. The Bertz CT molecular complexity index is 798. The van der Waals surface area contributed by atoms with Crippen LogP contribution in [0.3, 0.4) is 0 Å². The average Bonchev–Trinajstić information content (AvgIpc) is 3.38. The van der Waals surface area contributed by atoms with Crippen LogP contribution in [-0.4, -0.2) is 50.0 Å². The van der Waals surface area contributed by atoms with Gasteiger partial charge >= 0.3 is 0 Å². The van der Waals surface area contributed by atoms with Gasteiger partial charge in [-0.3, -0.25) is 10.9 Å². The molecule has 8 atom stereocenters. The van der Waals surface area contributed by atoms with Crippen molar-refractivity contribution in [3.63, 3.8) is 0 Å². The van der Waals surface area contributed by atoms with E-state index in [4.69, 9.17) is 4.74 Å². The summed E-state index contributed by atoms with van der Waals surface area (Å²) < 4.78 is 6.67. The van der Waals surface area contributed by atoms with Gasteiger partial charge in [-0.05, 0) is 139 Å². The summed E-state index contributed by atoms with van der Waals surface area (Å²) in [4.78, 5) is 0. The minimum absolute atomic E-state index is 0.180. The van der Waals surface area contributed by atoms with Gasteiger partial charge < -0.3 is 15.4 Å². The van der Waals surface area contributed by atoms with E-state index in [-0.39, 0.29) is 5.41 Å². The Balaban J connectivity index is 1.08. The molecule has 3 saturated heterocycles. The Labute approximate surface area is 225 Å². The average molecular weight is 512 g/mol. The van der Waals surface area contributed by atoms with Crippen molar-refractivity contribution in [3.8, 4) is 6.07 Å². The predicted octanol–water partition coefficient (Wildman–Crippen LogP) is 4.52. The van der Waals surface area contributed by atoms with Gasteiger partial charge in [0.15, 0.2) is 0 Å². The summed E-state index contributed by atoms with van der Waals surface area (Å²) in [6.07, 6.45) is 18.0. The lowest BCUT2D eigenvalue weighted by Crippen LogP contribution is -2.58. The Morgan fingerprint density at radius 3 is 2.30 bits per heavy atom. The van der Waals surface area contributed by atoms with Crippen LogP contribution in [0.25, 0.3) is 0 Å². The zero-order chi connectivity index (χ0) is 25.4. The lowest BCUT2D eigenvalue weighted by Gasteiger charge is -2.50. The number of hydrazine groups is 1. The third-order valence-electron chi connectivity index (χ3n) is 11.9. The van der Waals surface area contributed by atoms with Crippen LogP contribution in [0.4, 0.5) is 0 Å². The molecule has 8 unspecified atom stereocenters. The van der Waals surface area contributed by atoms with E-state index in [1.807, 2.05) is 0 Å². The van der Waals surface area contributed by atoms with E-state index in [0.29, 0.717) is 36.3 Å². The molecule has 4 N–H and O–H groups in total. The highest BCUT2D eigenvalue weighted by Crippen LogP contribution is 2.49. The lowest BCUT2D eigenvalue weighted by atomic mass is 9.60. The fourth-order valence-electron chi connectivity index (χ4n) is 9.68. The molecule has 3 heterocycles. The highest BCUT2D eigenvalue weighted by Gasteiger charge is 2.52. The predicted molar refractivity (Wildman–Crippen MR) is 148 cm³/mol. The quantitative estimate of drug-likeness (QED) is 0.435. The maximum absolute atomic E-state index is 9.65. The van der Waals surface area contributed by atoms with Gasteiger partial charge in [-0.2, -0.15) is 5.26 Å². The molecule has 6 nitrogen and oxygen atoms in total. The Morgan fingerprint density at radius 1 is 0.757 bits per heavy atom. The first-order valence-electron chi connectivity index (χ1n) is 16.0. The summed E-state index contributed by atoms with van der Waals surface area (Å²) in [5.74, 6) is 4.62. The minimum Gasteiger partial charge on any atom is -0.375 e. The fourth-order valence-corrected chi connectivity index (χ4v) is 9.68. The van der Waals surface area contributed by atoms with Crippen molar-refractivity contribution in [3.05, 3.63) is 0 Å². The van der Waals surface area contributed by atoms with Crippen molar-refractivity contribution in [1.82, 2.24) is 21.5 Å². The summed E-state index contributed by atoms with van der Waals surface area (Å²) >= 11 is 0. The molecular formula is C31H53N5O. The van der Waals surface area contributed by atoms with Crippen LogP contribution in [-0.2, 0) is 4.74 Å². The molecule has 3 saturated carbocycles. The molecular weight excluding hydrogens is 458 g/mol. The van der Waals surface area contributed by atoms with Gasteiger partial charge in [0.25, 0.3) is 0 Å². The van der Waals surface area contributed by atoms with Crippen LogP contribution in [0, 0.1) is 52.3 Å². The number of nitrogens with zero attached hydrogens (tertiary/aromatic N) is 1. The number of fused-ring (bicyclic) bond motifs is 3. The summed E-state index contributed by atoms with van der Waals surface area (Å²) in [6.45, 7) is 7.67. The molecule has 6 aliphatic rings. The van der Waals surface area contributed by atoms with E-state index < -0.39 is 0 Å². The number of rotatable bonds is 5. The largest absolute Gasteiger partial charge is 0.375 e. The third kappa shape index (κ3) is 5.64. The fraction of sp³-hybridized carbons (Fsp3) is 0.968. The third-order valence-corrected chi connectivity index (χ3v) is 11.9. The van der Waals surface area contributed by atoms with Gasteiger partial charge in [-0.1, -0.05) is 6.42 Å². The van der Waals surface area contributed by atoms with E-state index >= 15 is 0 Å². The highest BCUT2D eigenvalue weighted by atomic mass is 16.5. The van der Waals surface area contributed by atoms with Crippen LogP contribution in [0.1, 0.15) is 97.3 Å². The molecule has 0 aromatic heterocycles. The van der Waals surface area contributed by atoms with Gasteiger partial charge in [-0.15, -0.1) is 0 Å². The normalized spacial score (nSPS) is 45.5. The summed E-state index contributed by atoms with van der Waals surface area (Å²) in [6, 6.07) is 4.47. The van der Waals surface area contributed by atoms with Crippen molar-refractivity contribution >= 4 is 0 Å². The standard InChI is InChI=1S/C31H53N5O/c1-31(2,19-32)23-9-6-20(7-10-23)30-29-26-17-22(8-11-27(26)34-18-28(29)35-36-30)21-4-3-5-25(16-21)37-24-12-14-33-15-13-24/h20-30,33-36H,3-18H2,1-2H3. The first-order chi connectivity index (χ1) is 18.0. The Hall–Kier alpha value is -0.710. The second-order valence-electron chi connectivity index (χ2n) is 14.3. The van der Waals surface area contributed by atoms with E-state index in [1.54, 1.807) is 0 Å². The van der Waals surface area contributed by atoms with E-state index in [2.05, 4.69) is 41.4 Å². The van der Waals surface area contributed by atoms with E-state index in [0.717, 1.165) is 49.2 Å². The first-order valence-corrected chi connectivity index (χ1v) is 16.0. The van der Waals surface area contributed by atoms with Gasteiger partial charge in [0.05, 0.1) is 23.7 Å². The minimum atomic E-state index is -0.180. The molecule has 0 bridgehead atoms. The molecule has 6 rings (SSSR count). The molecule has 6 fully saturated rings. The molecule has 0 aromatic rings. The molecule has 0 radical (unpaired) electrons.